The lowest BCUT2D eigenvalue weighted by atomic mass is 10.1. The van der Waals surface area contributed by atoms with Crippen molar-refractivity contribution in [1.82, 2.24) is 0 Å². The van der Waals surface area contributed by atoms with Gasteiger partial charge in [-0.05, 0) is 47.1 Å². The summed E-state index contributed by atoms with van der Waals surface area (Å²) < 4.78 is 0.850. The number of anilines is 1. The van der Waals surface area contributed by atoms with Gasteiger partial charge in [0.15, 0.2) is 0 Å². The van der Waals surface area contributed by atoms with Gasteiger partial charge in [-0.1, -0.05) is 29.3 Å². The minimum Gasteiger partial charge on any atom is -0.508 e. The fraction of sp³-hybridized carbons (Fsp3) is 0.143. The molecule has 4 heteroatoms. The van der Waals surface area contributed by atoms with E-state index in [4.69, 9.17) is 11.6 Å². The second-order valence-corrected chi connectivity index (χ2v) is 5.38. The Kier molecular flexibility index (Phi) is 4.15. The van der Waals surface area contributed by atoms with Crippen LogP contribution in [0.15, 0.2) is 40.9 Å². The van der Waals surface area contributed by atoms with Gasteiger partial charge in [-0.3, -0.25) is 0 Å². The average Bonchev–Trinajstić information content (AvgIpc) is 2.34. The SMILES string of the molecule is Cc1ccc(O)c(CNc2ccc(Cl)c(Br)c2)c1. The van der Waals surface area contributed by atoms with E-state index in [-0.39, 0.29) is 0 Å². The van der Waals surface area contributed by atoms with Gasteiger partial charge in [0.05, 0.1) is 5.02 Å². The molecule has 0 atom stereocenters. The molecule has 0 saturated carbocycles. The van der Waals surface area contributed by atoms with Crippen molar-refractivity contribution < 1.29 is 5.11 Å². The van der Waals surface area contributed by atoms with Gasteiger partial charge in [0.25, 0.3) is 0 Å². The Morgan fingerprint density at radius 3 is 2.72 bits per heavy atom. The minimum atomic E-state index is 0.307. The quantitative estimate of drug-likeness (QED) is 0.854. The summed E-state index contributed by atoms with van der Waals surface area (Å²) in [7, 11) is 0. The fourth-order valence-corrected chi connectivity index (χ4v) is 2.16. The maximum absolute atomic E-state index is 9.74. The number of aromatic hydroxyl groups is 1. The van der Waals surface area contributed by atoms with Crippen LogP contribution in [0.25, 0.3) is 0 Å². The zero-order valence-corrected chi connectivity index (χ0v) is 12.2. The Labute approximate surface area is 120 Å². The lowest BCUT2D eigenvalue weighted by molar-refractivity contribution is 0.469. The molecule has 94 valence electrons. The van der Waals surface area contributed by atoms with Crippen LogP contribution in [-0.2, 0) is 6.54 Å². The Hall–Kier alpha value is -1.19. The molecule has 0 fully saturated rings. The molecule has 2 aromatic carbocycles. The van der Waals surface area contributed by atoms with Crippen molar-refractivity contribution in [2.45, 2.75) is 13.5 Å². The highest BCUT2D eigenvalue weighted by molar-refractivity contribution is 9.10. The smallest absolute Gasteiger partial charge is 0.120 e. The topological polar surface area (TPSA) is 32.3 Å². The Morgan fingerprint density at radius 2 is 2.00 bits per heavy atom. The number of nitrogens with one attached hydrogen (secondary N) is 1. The molecule has 0 unspecified atom stereocenters. The molecule has 0 spiro atoms. The van der Waals surface area contributed by atoms with Gasteiger partial charge in [0.1, 0.15) is 5.75 Å². The first kappa shape index (κ1) is 13.2. The van der Waals surface area contributed by atoms with Crippen LogP contribution in [-0.4, -0.2) is 5.11 Å². The lowest BCUT2D eigenvalue weighted by Gasteiger charge is -2.09. The van der Waals surface area contributed by atoms with Crippen LogP contribution >= 0.6 is 27.5 Å². The number of hydrogen-bond donors (Lipinski definition) is 2. The molecule has 0 aliphatic heterocycles. The largest absolute Gasteiger partial charge is 0.508 e. The molecule has 0 saturated heterocycles. The molecule has 0 aliphatic carbocycles. The van der Waals surface area contributed by atoms with Crippen molar-refractivity contribution >= 4 is 33.2 Å². The van der Waals surface area contributed by atoms with E-state index in [1.54, 1.807) is 6.07 Å². The summed E-state index contributed by atoms with van der Waals surface area (Å²) in [6.07, 6.45) is 0. The molecule has 0 bridgehead atoms. The Morgan fingerprint density at radius 1 is 1.22 bits per heavy atom. The predicted molar refractivity (Wildman–Crippen MR) is 79.3 cm³/mol. The van der Waals surface area contributed by atoms with E-state index in [0.717, 1.165) is 21.3 Å². The molecule has 0 aromatic heterocycles. The number of rotatable bonds is 3. The molecule has 2 nitrogen and oxygen atoms in total. The van der Waals surface area contributed by atoms with Gasteiger partial charge in [0, 0.05) is 22.3 Å². The standard InChI is InChI=1S/C14H13BrClNO/c1-9-2-5-14(18)10(6-9)8-17-11-3-4-13(16)12(15)7-11/h2-7,17-18H,8H2,1H3. The first-order chi connectivity index (χ1) is 8.56. The maximum atomic E-state index is 9.74. The number of hydrogen-bond acceptors (Lipinski definition) is 2. The first-order valence-electron chi connectivity index (χ1n) is 5.53. The molecular formula is C14H13BrClNO. The zero-order valence-electron chi connectivity index (χ0n) is 9.87. The van der Waals surface area contributed by atoms with E-state index in [0.29, 0.717) is 17.3 Å². The van der Waals surface area contributed by atoms with Crippen LogP contribution in [0.4, 0.5) is 5.69 Å². The lowest BCUT2D eigenvalue weighted by Crippen LogP contribution is -2.00. The highest BCUT2D eigenvalue weighted by Gasteiger charge is 2.02. The number of phenols is 1. The molecule has 0 amide bonds. The second-order valence-electron chi connectivity index (χ2n) is 4.11. The van der Waals surface area contributed by atoms with Crippen molar-refractivity contribution in [2.24, 2.45) is 0 Å². The van der Waals surface area contributed by atoms with Crippen LogP contribution in [0.3, 0.4) is 0 Å². The third-order valence-electron chi connectivity index (χ3n) is 2.64. The molecule has 2 N–H and O–H groups in total. The van der Waals surface area contributed by atoms with Crippen LogP contribution in [0.1, 0.15) is 11.1 Å². The van der Waals surface area contributed by atoms with Gasteiger partial charge >= 0.3 is 0 Å². The van der Waals surface area contributed by atoms with Gasteiger partial charge in [-0.25, -0.2) is 0 Å². The predicted octanol–water partition coefficient (Wildman–Crippen LogP) is 4.73. The summed E-state index contributed by atoms with van der Waals surface area (Å²) in [5.41, 5.74) is 2.95. The third-order valence-corrected chi connectivity index (χ3v) is 3.85. The van der Waals surface area contributed by atoms with Gasteiger partial charge in [-0.2, -0.15) is 0 Å². The Balaban J connectivity index is 2.11. The van der Waals surface area contributed by atoms with E-state index in [1.807, 2.05) is 37.3 Å². The molecular weight excluding hydrogens is 314 g/mol. The maximum Gasteiger partial charge on any atom is 0.120 e. The summed E-state index contributed by atoms with van der Waals surface area (Å²) in [4.78, 5) is 0. The van der Waals surface area contributed by atoms with Crippen molar-refractivity contribution in [3.05, 3.63) is 57.0 Å². The van der Waals surface area contributed by atoms with Gasteiger partial charge < -0.3 is 10.4 Å². The zero-order chi connectivity index (χ0) is 13.1. The third kappa shape index (κ3) is 3.18. The monoisotopic (exact) mass is 325 g/mol. The summed E-state index contributed by atoms with van der Waals surface area (Å²) in [6, 6.07) is 11.2. The van der Waals surface area contributed by atoms with E-state index in [1.165, 1.54) is 0 Å². The average molecular weight is 327 g/mol. The summed E-state index contributed by atoms with van der Waals surface area (Å²) in [6.45, 7) is 2.57. The molecule has 0 aliphatic rings. The fourth-order valence-electron chi connectivity index (χ4n) is 1.66. The van der Waals surface area contributed by atoms with E-state index >= 15 is 0 Å². The van der Waals surface area contributed by atoms with Crippen molar-refractivity contribution in [3.8, 4) is 5.75 Å². The molecule has 2 rings (SSSR count). The van der Waals surface area contributed by atoms with E-state index in [2.05, 4.69) is 21.2 Å². The van der Waals surface area contributed by atoms with Crippen molar-refractivity contribution in [1.29, 1.82) is 0 Å². The number of halogens is 2. The molecule has 0 heterocycles. The Bertz CT molecular complexity index is 572. The normalized spacial score (nSPS) is 10.4. The molecule has 2 aromatic rings. The van der Waals surface area contributed by atoms with Crippen LogP contribution in [0, 0.1) is 6.92 Å². The number of benzene rings is 2. The first-order valence-corrected chi connectivity index (χ1v) is 6.71. The summed E-state index contributed by atoms with van der Waals surface area (Å²) in [5, 5.41) is 13.7. The van der Waals surface area contributed by atoms with Crippen LogP contribution < -0.4 is 5.32 Å². The summed E-state index contributed by atoms with van der Waals surface area (Å²) in [5.74, 6) is 0.307. The molecule has 0 radical (unpaired) electrons. The summed E-state index contributed by atoms with van der Waals surface area (Å²) >= 11 is 9.31. The van der Waals surface area contributed by atoms with E-state index < -0.39 is 0 Å². The minimum absolute atomic E-state index is 0.307. The number of phenolic OH excluding ortho intramolecular Hbond substituents is 1. The van der Waals surface area contributed by atoms with E-state index in [9.17, 15) is 5.11 Å². The van der Waals surface area contributed by atoms with Crippen LogP contribution in [0.2, 0.25) is 5.02 Å². The highest BCUT2D eigenvalue weighted by Crippen LogP contribution is 2.26. The van der Waals surface area contributed by atoms with Gasteiger partial charge in [0.2, 0.25) is 0 Å². The van der Waals surface area contributed by atoms with Crippen molar-refractivity contribution in [2.75, 3.05) is 5.32 Å². The number of aryl methyl sites for hydroxylation is 1. The van der Waals surface area contributed by atoms with Gasteiger partial charge in [-0.15, -0.1) is 0 Å². The van der Waals surface area contributed by atoms with Crippen LogP contribution in [0.5, 0.6) is 5.75 Å². The van der Waals surface area contributed by atoms with Crippen molar-refractivity contribution in [3.63, 3.8) is 0 Å². The molecule has 18 heavy (non-hydrogen) atoms. The highest BCUT2D eigenvalue weighted by atomic mass is 79.9. The second kappa shape index (κ2) is 5.63.